The fraction of sp³-hybridized carbons (Fsp3) is 0.868. The quantitative estimate of drug-likeness (QED) is 0.0216. The Morgan fingerprint density at radius 2 is 0.938 bits per heavy atom. The van der Waals surface area contributed by atoms with Gasteiger partial charge in [-0.05, 0) is 64.2 Å². The van der Waals surface area contributed by atoms with Crippen LogP contribution in [0.5, 0.6) is 0 Å². The minimum Gasteiger partial charge on any atom is -0.394 e. The molecule has 1 fully saturated rings. The van der Waals surface area contributed by atoms with Crippen molar-refractivity contribution in [1.82, 2.24) is 5.32 Å². The Kier molecular flexibility index (Phi) is 40.2. The molecular weight excluding hydrogens is 811 g/mol. The third-order valence-electron chi connectivity index (χ3n) is 12.7. The number of carbonyl (C=O) groups excluding carboxylic acids is 1. The zero-order chi connectivity index (χ0) is 46.9. The van der Waals surface area contributed by atoms with E-state index in [9.17, 15) is 40.5 Å². The molecule has 1 amide bonds. The van der Waals surface area contributed by atoms with Gasteiger partial charge in [-0.1, -0.05) is 198 Å². The molecule has 8 N–H and O–H groups in total. The number of ether oxygens (including phenoxy) is 2. The summed E-state index contributed by atoms with van der Waals surface area (Å²) in [6.45, 7) is 3.41. The molecule has 64 heavy (non-hydrogen) atoms. The van der Waals surface area contributed by atoms with E-state index in [0.29, 0.717) is 19.3 Å². The Morgan fingerprint density at radius 3 is 1.39 bits per heavy atom. The molecule has 0 bridgehead atoms. The summed E-state index contributed by atoms with van der Waals surface area (Å²) in [5, 5.41) is 75.9. The van der Waals surface area contributed by atoms with Gasteiger partial charge >= 0.3 is 0 Å². The zero-order valence-electron chi connectivity index (χ0n) is 40.8. The summed E-state index contributed by atoms with van der Waals surface area (Å²) >= 11 is 0. The number of nitrogens with one attached hydrogen (secondary N) is 1. The molecule has 11 nitrogen and oxygen atoms in total. The van der Waals surface area contributed by atoms with Crippen LogP contribution in [-0.4, -0.2) is 110 Å². The molecule has 1 rings (SSSR count). The van der Waals surface area contributed by atoms with Gasteiger partial charge in [0, 0.05) is 0 Å². The lowest BCUT2D eigenvalue weighted by Crippen LogP contribution is -2.60. The van der Waals surface area contributed by atoms with E-state index in [1.54, 1.807) is 0 Å². The highest BCUT2D eigenvalue weighted by molar-refractivity contribution is 5.80. The van der Waals surface area contributed by atoms with Gasteiger partial charge in [-0.15, -0.1) is 0 Å². The number of allylic oxidation sites excluding steroid dienone is 6. The van der Waals surface area contributed by atoms with Crippen molar-refractivity contribution in [2.24, 2.45) is 0 Å². The van der Waals surface area contributed by atoms with Crippen LogP contribution in [0.2, 0.25) is 0 Å². The van der Waals surface area contributed by atoms with Gasteiger partial charge in [-0.2, -0.15) is 0 Å². The summed E-state index contributed by atoms with van der Waals surface area (Å²) in [4.78, 5) is 13.1. The molecule has 0 aromatic heterocycles. The molecule has 0 spiro atoms. The molecule has 9 unspecified atom stereocenters. The number of rotatable bonds is 44. The second kappa shape index (κ2) is 42.7. The minimum atomic E-state index is -1.67. The molecule has 0 aliphatic carbocycles. The van der Waals surface area contributed by atoms with Crippen molar-refractivity contribution in [1.29, 1.82) is 0 Å². The highest BCUT2D eigenvalue weighted by atomic mass is 16.7. The van der Waals surface area contributed by atoms with Crippen LogP contribution in [0.3, 0.4) is 0 Å². The summed E-state index contributed by atoms with van der Waals surface area (Å²) in [6.07, 6.45) is 39.1. The van der Waals surface area contributed by atoms with Gasteiger partial charge in [0.1, 0.15) is 36.6 Å². The smallest absolute Gasteiger partial charge is 0.249 e. The number of amides is 1. The Labute approximate surface area is 390 Å². The number of carbonyl (C=O) groups is 1. The third-order valence-corrected chi connectivity index (χ3v) is 12.7. The van der Waals surface area contributed by atoms with E-state index in [1.165, 1.54) is 135 Å². The average molecular weight is 910 g/mol. The van der Waals surface area contributed by atoms with Crippen LogP contribution >= 0.6 is 0 Å². The van der Waals surface area contributed by atoms with Crippen LogP contribution in [0, 0.1) is 0 Å². The van der Waals surface area contributed by atoms with Crippen molar-refractivity contribution in [3.8, 4) is 0 Å². The predicted octanol–water partition coefficient (Wildman–Crippen LogP) is 9.95. The summed E-state index contributed by atoms with van der Waals surface area (Å²) in [7, 11) is 0. The van der Waals surface area contributed by atoms with Gasteiger partial charge in [0.05, 0.1) is 25.4 Å². The van der Waals surface area contributed by atoms with E-state index < -0.39 is 74.2 Å². The van der Waals surface area contributed by atoms with Crippen LogP contribution in [-0.2, 0) is 14.3 Å². The molecule has 376 valence electrons. The van der Waals surface area contributed by atoms with Crippen LogP contribution in [0.15, 0.2) is 36.5 Å². The maximum Gasteiger partial charge on any atom is 0.249 e. The van der Waals surface area contributed by atoms with Gasteiger partial charge < -0.3 is 50.5 Å². The molecule has 11 heteroatoms. The molecule has 0 aromatic rings. The lowest BCUT2D eigenvalue weighted by molar-refractivity contribution is -0.303. The first-order valence-corrected chi connectivity index (χ1v) is 26.4. The highest BCUT2D eigenvalue weighted by Crippen LogP contribution is 2.23. The minimum absolute atomic E-state index is 0.242. The summed E-state index contributed by atoms with van der Waals surface area (Å²) < 4.78 is 11.1. The van der Waals surface area contributed by atoms with Crippen LogP contribution in [0.1, 0.15) is 226 Å². The van der Waals surface area contributed by atoms with Gasteiger partial charge in [-0.3, -0.25) is 4.79 Å². The van der Waals surface area contributed by atoms with Crippen molar-refractivity contribution in [3.63, 3.8) is 0 Å². The van der Waals surface area contributed by atoms with E-state index in [1.807, 2.05) is 0 Å². The van der Waals surface area contributed by atoms with E-state index in [-0.39, 0.29) is 12.8 Å². The van der Waals surface area contributed by atoms with Crippen LogP contribution < -0.4 is 5.32 Å². The lowest BCUT2D eigenvalue weighted by Gasteiger charge is -2.40. The first-order valence-electron chi connectivity index (χ1n) is 26.4. The Balaban J connectivity index is 2.39. The molecule has 9 atom stereocenters. The zero-order valence-corrected chi connectivity index (χ0v) is 40.8. The first-order chi connectivity index (χ1) is 31.2. The average Bonchev–Trinajstić information content (AvgIpc) is 3.29. The second-order valence-electron chi connectivity index (χ2n) is 18.6. The Hall–Kier alpha value is -1.67. The fourth-order valence-corrected chi connectivity index (χ4v) is 8.30. The van der Waals surface area contributed by atoms with E-state index >= 15 is 0 Å². The van der Waals surface area contributed by atoms with E-state index in [4.69, 9.17) is 9.47 Å². The van der Waals surface area contributed by atoms with E-state index in [0.717, 1.165) is 44.9 Å². The summed E-state index contributed by atoms with van der Waals surface area (Å²) in [5.74, 6) is -0.710. The molecule has 1 aliphatic heterocycles. The normalized spacial score (nSPS) is 21.3. The predicted molar refractivity (Wildman–Crippen MR) is 261 cm³/mol. The van der Waals surface area contributed by atoms with Gasteiger partial charge in [0.15, 0.2) is 6.29 Å². The van der Waals surface area contributed by atoms with Crippen LogP contribution in [0.25, 0.3) is 0 Å². The Bertz CT molecular complexity index is 1130. The SMILES string of the molecule is CCCCC/C=C/CC/C=C/CC/C=C/CCCC(O)C(O)C(COC1OC(CO)C(O)C(O)C1O)NC(=O)C(O)CCCCCCCCCCCCCCCCCCCCCCC. The third kappa shape index (κ3) is 31.3. The largest absolute Gasteiger partial charge is 0.394 e. The maximum atomic E-state index is 13.1. The van der Waals surface area contributed by atoms with Crippen molar-refractivity contribution in [2.75, 3.05) is 13.2 Å². The topological polar surface area (TPSA) is 189 Å². The molecular formula is C53H99NO10. The highest BCUT2D eigenvalue weighted by Gasteiger charge is 2.44. The number of hydrogen-bond donors (Lipinski definition) is 8. The van der Waals surface area contributed by atoms with Crippen molar-refractivity contribution >= 4 is 5.91 Å². The monoisotopic (exact) mass is 910 g/mol. The van der Waals surface area contributed by atoms with Crippen molar-refractivity contribution < 1.29 is 50.0 Å². The van der Waals surface area contributed by atoms with Crippen LogP contribution in [0.4, 0.5) is 0 Å². The lowest BCUT2D eigenvalue weighted by atomic mass is 9.98. The van der Waals surface area contributed by atoms with Crippen molar-refractivity contribution in [3.05, 3.63) is 36.5 Å². The van der Waals surface area contributed by atoms with Crippen molar-refractivity contribution in [2.45, 2.75) is 281 Å². The van der Waals surface area contributed by atoms with Gasteiger partial charge in [0.2, 0.25) is 5.91 Å². The number of unbranched alkanes of at least 4 members (excludes halogenated alkanes) is 26. The molecule has 0 aromatic carbocycles. The molecule has 1 aliphatic rings. The first kappa shape index (κ1) is 60.3. The summed E-state index contributed by atoms with van der Waals surface area (Å²) in [6, 6.07) is -1.19. The molecule has 1 heterocycles. The molecule has 0 radical (unpaired) electrons. The second-order valence-corrected chi connectivity index (χ2v) is 18.6. The summed E-state index contributed by atoms with van der Waals surface area (Å²) in [5.41, 5.74) is 0. The maximum absolute atomic E-state index is 13.1. The van der Waals surface area contributed by atoms with Gasteiger partial charge in [0.25, 0.3) is 0 Å². The standard InChI is InChI=1S/C53H99NO10/c1-3-5-7-9-11-13-15-17-19-21-22-23-24-25-27-29-31-33-35-37-39-41-46(57)52(62)54-44(43-63-53-51(61)50(60)49(59)47(42-55)64-53)48(58)45(56)40-38-36-34-32-30-28-26-20-18-16-14-12-10-8-6-4-2/h12,14,20,26,32,34,44-51,53,55-61H,3-11,13,15-19,21-25,27-31,33,35-43H2,1-2H3,(H,54,62)/b14-12+,26-20+,34-32+. The number of aliphatic hydroxyl groups excluding tert-OH is 7. The molecule has 1 saturated heterocycles. The van der Waals surface area contributed by atoms with Gasteiger partial charge in [-0.25, -0.2) is 0 Å². The number of hydrogen-bond acceptors (Lipinski definition) is 10. The number of aliphatic hydroxyl groups is 7. The van der Waals surface area contributed by atoms with E-state index in [2.05, 4.69) is 55.6 Å². The molecule has 0 saturated carbocycles. The Morgan fingerprint density at radius 1 is 0.531 bits per heavy atom. The fourth-order valence-electron chi connectivity index (χ4n) is 8.30.